The maximum Gasteiger partial charge on any atom is 0.155 e. The summed E-state index contributed by atoms with van der Waals surface area (Å²) in [7, 11) is 0. The van der Waals surface area contributed by atoms with Crippen LogP contribution in [0.3, 0.4) is 0 Å². The molecule has 0 aliphatic rings. The zero-order chi connectivity index (χ0) is 22.9. The van der Waals surface area contributed by atoms with Crippen LogP contribution in [0.1, 0.15) is 13.8 Å². The molecule has 6 aromatic rings. The van der Waals surface area contributed by atoms with Gasteiger partial charge in [-0.2, -0.15) is 0 Å². The summed E-state index contributed by atoms with van der Waals surface area (Å²) in [5.74, 6) is 0.604. The Morgan fingerprint density at radius 1 is 0.941 bits per heavy atom. The van der Waals surface area contributed by atoms with Gasteiger partial charge >= 0.3 is 0 Å². The molecule has 0 saturated heterocycles. The van der Waals surface area contributed by atoms with Crippen molar-refractivity contribution >= 4 is 49.5 Å². The molecule has 7 heteroatoms. The van der Waals surface area contributed by atoms with Crippen molar-refractivity contribution in [2.45, 2.75) is 13.8 Å². The van der Waals surface area contributed by atoms with Crippen LogP contribution >= 0.6 is 0 Å². The second-order valence-electron chi connectivity index (χ2n) is 7.80. The van der Waals surface area contributed by atoms with E-state index in [1.807, 2.05) is 36.5 Å². The minimum Gasteiger partial charge on any atom is -0.512 e. The number of ketones is 1. The normalized spacial score (nSPS) is 11.4. The van der Waals surface area contributed by atoms with Crippen molar-refractivity contribution in [3.63, 3.8) is 0 Å². The number of hydrogen-bond donors (Lipinski definition) is 1. The van der Waals surface area contributed by atoms with Gasteiger partial charge in [0.05, 0.1) is 11.4 Å². The summed E-state index contributed by atoms with van der Waals surface area (Å²) in [6.07, 6.45) is 2.99. The Bertz CT molecular complexity index is 1640. The molecule has 1 radical (unpaired) electrons. The molecule has 3 aromatic heterocycles. The Labute approximate surface area is 209 Å². The first-order valence-electron chi connectivity index (χ1n) is 10.6. The summed E-state index contributed by atoms with van der Waals surface area (Å²) in [5, 5.41) is 13.1. The second-order valence-corrected chi connectivity index (χ2v) is 7.80. The molecule has 6 rings (SSSR count). The van der Waals surface area contributed by atoms with Crippen LogP contribution in [0.15, 0.2) is 90.8 Å². The smallest absolute Gasteiger partial charge is 0.155 e. The first-order chi connectivity index (χ1) is 16.0. The number of fused-ring (bicyclic) bond motifs is 6. The molecule has 0 fully saturated rings. The van der Waals surface area contributed by atoms with Crippen molar-refractivity contribution in [2.24, 2.45) is 0 Å². The van der Waals surface area contributed by atoms with Gasteiger partial charge in [0.1, 0.15) is 0 Å². The summed E-state index contributed by atoms with van der Waals surface area (Å²) in [5.41, 5.74) is 3.75. The molecule has 0 amide bonds. The van der Waals surface area contributed by atoms with Gasteiger partial charge in [-0.1, -0.05) is 66.7 Å². The third-order valence-electron chi connectivity index (χ3n) is 5.35. The van der Waals surface area contributed by atoms with Gasteiger partial charge in [0.15, 0.2) is 5.78 Å². The SMILES string of the molecule is CC(=O)/C=C(/C)O.[Ir].c1ccc2c(c1)ccc1c2c2cccnc2n1-c1nc2ccccc2[n-]1. The number of allylic oxidation sites excluding steroid dienone is 2. The molecule has 3 aromatic carbocycles. The van der Waals surface area contributed by atoms with Crippen molar-refractivity contribution in [3.05, 3.63) is 90.8 Å². The monoisotopic (exact) mass is 626 g/mol. The summed E-state index contributed by atoms with van der Waals surface area (Å²) < 4.78 is 2.07. The number of aromatic nitrogens is 4. The van der Waals surface area contributed by atoms with Crippen LogP contribution in [0.25, 0.3) is 49.7 Å². The standard InChI is InChI=1S/C22H13N4.C5H8O2.Ir/c1-2-7-15-14(6-1)11-12-19-20(15)16-8-5-13-23-21(16)26(19)22-24-17-9-3-4-10-18(17)25-22;1-4(6)3-5(2)7;/h1-13H;3,6H,1-2H3;/q-1;;/b;4-3-;. The van der Waals surface area contributed by atoms with Gasteiger partial charge < -0.3 is 19.6 Å². The van der Waals surface area contributed by atoms with E-state index in [0.717, 1.165) is 27.6 Å². The number of para-hydroxylation sites is 2. The number of rotatable bonds is 2. The topological polar surface area (TPSA) is 82.1 Å². The van der Waals surface area contributed by atoms with Crippen LogP contribution < -0.4 is 4.98 Å². The van der Waals surface area contributed by atoms with Crippen LogP contribution in [-0.4, -0.2) is 25.4 Å². The number of imidazole rings is 1. The first-order valence-corrected chi connectivity index (χ1v) is 10.6. The van der Waals surface area contributed by atoms with Crippen molar-refractivity contribution in [1.82, 2.24) is 19.5 Å². The maximum absolute atomic E-state index is 10.0. The minimum absolute atomic E-state index is 0. The Balaban J connectivity index is 0.000000303. The zero-order valence-electron chi connectivity index (χ0n) is 18.6. The Morgan fingerprint density at radius 3 is 2.41 bits per heavy atom. The molecule has 3 heterocycles. The van der Waals surface area contributed by atoms with Crippen LogP contribution in [-0.2, 0) is 24.9 Å². The van der Waals surface area contributed by atoms with Crippen LogP contribution in [0.2, 0.25) is 0 Å². The van der Waals surface area contributed by atoms with Crippen LogP contribution in [0.5, 0.6) is 0 Å². The molecular formula is C27H21IrN4O2-. The number of carbonyl (C=O) groups is 1. The van der Waals surface area contributed by atoms with E-state index in [1.54, 1.807) is 0 Å². The maximum atomic E-state index is 10.0. The molecule has 0 unspecified atom stereocenters. The zero-order valence-corrected chi connectivity index (χ0v) is 21.0. The van der Waals surface area contributed by atoms with Crippen molar-refractivity contribution in [2.75, 3.05) is 0 Å². The average molecular weight is 626 g/mol. The average Bonchev–Trinajstić information content (AvgIpc) is 3.37. The van der Waals surface area contributed by atoms with Gasteiger partial charge in [-0.3, -0.25) is 9.78 Å². The van der Waals surface area contributed by atoms with Crippen LogP contribution in [0.4, 0.5) is 0 Å². The van der Waals surface area contributed by atoms with E-state index in [0.29, 0.717) is 5.95 Å². The van der Waals surface area contributed by atoms with Crippen molar-refractivity contribution < 1.29 is 30.0 Å². The van der Waals surface area contributed by atoms with E-state index in [2.05, 4.69) is 52.0 Å². The van der Waals surface area contributed by atoms with Crippen molar-refractivity contribution in [3.8, 4) is 5.95 Å². The number of nitrogens with zero attached hydrogens (tertiary/aromatic N) is 4. The number of pyridine rings is 1. The molecule has 0 aliphatic heterocycles. The number of carbonyl (C=O) groups excluding carboxylic acids is 1. The summed E-state index contributed by atoms with van der Waals surface area (Å²) in [6.45, 7) is 2.85. The fraction of sp³-hybridized carbons (Fsp3) is 0.0741. The summed E-state index contributed by atoms with van der Waals surface area (Å²) >= 11 is 0. The third kappa shape index (κ3) is 4.23. The van der Waals surface area contributed by atoms with E-state index < -0.39 is 0 Å². The predicted octanol–water partition coefficient (Wildman–Crippen LogP) is 5.87. The van der Waals surface area contributed by atoms with E-state index in [9.17, 15) is 4.79 Å². The minimum atomic E-state index is -0.125. The number of aliphatic hydroxyl groups is 1. The van der Waals surface area contributed by atoms with E-state index >= 15 is 0 Å². The molecule has 1 N–H and O–H groups in total. The number of hydrogen-bond acceptors (Lipinski definition) is 4. The van der Waals surface area contributed by atoms with Gasteiger partial charge in [0.2, 0.25) is 0 Å². The fourth-order valence-electron chi connectivity index (χ4n) is 4.10. The van der Waals surface area contributed by atoms with Gasteiger partial charge in [-0.25, -0.2) is 0 Å². The van der Waals surface area contributed by atoms with Crippen LogP contribution in [0, 0.1) is 0 Å². The van der Waals surface area contributed by atoms with Gasteiger partial charge in [-0.15, -0.1) is 0 Å². The van der Waals surface area contributed by atoms with E-state index in [4.69, 9.17) is 15.1 Å². The number of benzene rings is 3. The molecule has 0 aliphatic carbocycles. The van der Waals surface area contributed by atoms with E-state index in [-0.39, 0.29) is 31.6 Å². The molecular weight excluding hydrogens is 605 g/mol. The molecule has 171 valence electrons. The Hall–Kier alpha value is -3.80. The van der Waals surface area contributed by atoms with Gasteiger partial charge in [0, 0.05) is 65.6 Å². The third-order valence-corrected chi connectivity index (χ3v) is 5.35. The molecule has 6 nitrogen and oxygen atoms in total. The molecule has 0 saturated carbocycles. The largest absolute Gasteiger partial charge is 0.512 e. The molecule has 0 spiro atoms. The molecule has 0 atom stereocenters. The van der Waals surface area contributed by atoms with Gasteiger partial charge in [0.25, 0.3) is 0 Å². The first kappa shape index (κ1) is 23.4. The number of aliphatic hydroxyl groups excluding tert-OH is 1. The summed E-state index contributed by atoms with van der Waals surface area (Å²) in [6, 6.07) is 24.8. The van der Waals surface area contributed by atoms with Crippen molar-refractivity contribution in [1.29, 1.82) is 0 Å². The fourth-order valence-corrected chi connectivity index (χ4v) is 4.10. The Kier molecular flexibility index (Phi) is 6.59. The van der Waals surface area contributed by atoms with Gasteiger partial charge in [-0.05, 0) is 30.7 Å². The Morgan fingerprint density at radius 2 is 1.68 bits per heavy atom. The molecule has 0 bridgehead atoms. The summed E-state index contributed by atoms with van der Waals surface area (Å²) in [4.78, 5) is 24.2. The quantitative estimate of drug-likeness (QED) is 0.192. The second kappa shape index (κ2) is 9.59. The predicted molar refractivity (Wildman–Crippen MR) is 132 cm³/mol. The van der Waals surface area contributed by atoms with E-state index in [1.165, 1.54) is 36.1 Å². The molecule has 34 heavy (non-hydrogen) atoms.